The highest BCUT2D eigenvalue weighted by Crippen LogP contribution is 2.28. The van der Waals surface area contributed by atoms with Gasteiger partial charge < -0.3 is 19.5 Å². The number of rotatable bonds is 7. The van der Waals surface area contributed by atoms with Gasteiger partial charge in [0.15, 0.2) is 0 Å². The smallest absolute Gasteiger partial charge is 0.412 e. The van der Waals surface area contributed by atoms with Crippen molar-refractivity contribution in [2.45, 2.75) is 33.3 Å². The summed E-state index contributed by atoms with van der Waals surface area (Å²) in [4.78, 5) is 24.3. The molecule has 0 saturated carbocycles. The lowest BCUT2D eigenvalue weighted by molar-refractivity contribution is -0.111. The van der Waals surface area contributed by atoms with Crippen molar-refractivity contribution < 1.29 is 23.8 Å². The van der Waals surface area contributed by atoms with Crippen LogP contribution in [0.25, 0.3) is 6.08 Å². The highest BCUT2D eigenvalue weighted by molar-refractivity contribution is 6.02. The molecule has 30 heavy (non-hydrogen) atoms. The largest absolute Gasteiger partial charge is 0.495 e. The van der Waals surface area contributed by atoms with E-state index in [1.807, 2.05) is 31.2 Å². The molecule has 0 aliphatic carbocycles. The van der Waals surface area contributed by atoms with Gasteiger partial charge in [-0.3, -0.25) is 10.1 Å². The van der Waals surface area contributed by atoms with Gasteiger partial charge in [0.25, 0.3) is 0 Å². The lowest BCUT2D eigenvalue weighted by Gasteiger charge is -2.20. The molecule has 0 spiro atoms. The van der Waals surface area contributed by atoms with E-state index < -0.39 is 11.7 Å². The Balaban J connectivity index is 2.04. The fraction of sp³-hybridized carbons (Fsp3) is 0.304. The molecule has 2 aromatic rings. The average Bonchev–Trinajstić information content (AvgIpc) is 2.66. The number of anilines is 2. The molecule has 0 aliphatic rings. The molecule has 7 nitrogen and oxygen atoms in total. The van der Waals surface area contributed by atoms with E-state index in [9.17, 15) is 9.59 Å². The first-order valence-electron chi connectivity index (χ1n) is 9.60. The molecule has 0 heterocycles. The van der Waals surface area contributed by atoms with Gasteiger partial charge in [0.1, 0.15) is 17.1 Å². The van der Waals surface area contributed by atoms with Crippen LogP contribution in [0.4, 0.5) is 16.2 Å². The lowest BCUT2D eigenvalue weighted by atomic mass is 10.2. The molecule has 2 aromatic carbocycles. The molecule has 0 unspecified atom stereocenters. The summed E-state index contributed by atoms with van der Waals surface area (Å²) in [5, 5.41) is 5.40. The Bertz CT molecular complexity index is 899. The van der Waals surface area contributed by atoms with Gasteiger partial charge in [-0.25, -0.2) is 4.79 Å². The zero-order chi connectivity index (χ0) is 22.1. The minimum atomic E-state index is -0.630. The first-order valence-corrected chi connectivity index (χ1v) is 9.60. The predicted octanol–water partition coefficient (Wildman–Crippen LogP) is 5.09. The van der Waals surface area contributed by atoms with E-state index in [1.165, 1.54) is 13.2 Å². The van der Waals surface area contributed by atoms with E-state index >= 15 is 0 Å². The summed E-state index contributed by atoms with van der Waals surface area (Å²) in [6.45, 7) is 7.85. The van der Waals surface area contributed by atoms with Crippen molar-refractivity contribution in [2.75, 3.05) is 24.4 Å². The van der Waals surface area contributed by atoms with Crippen LogP contribution in [0, 0.1) is 0 Å². The molecule has 160 valence electrons. The van der Waals surface area contributed by atoms with Crippen LogP contribution in [0.2, 0.25) is 0 Å². The van der Waals surface area contributed by atoms with E-state index in [0.29, 0.717) is 23.7 Å². The summed E-state index contributed by atoms with van der Waals surface area (Å²) in [7, 11) is 1.49. The molecule has 0 radical (unpaired) electrons. The normalized spacial score (nSPS) is 11.1. The Morgan fingerprint density at radius 1 is 1.03 bits per heavy atom. The van der Waals surface area contributed by atoms with E-state index in [4.69, 9.17) is 14.2 Å². The second-order valence-electron chi connectivity index (χ2n) is 7.37. The third-order valence-electron chi connectivity index (χ3n) is 3.72. The molecule has 2 amide bonds. The second-order valence-corrected chi connectivity index (χ2v) is 7.37. The van der Waals surface area contributed by atoms with Gasteiger partial charge in [-0.1, -0.05) is 12.1 Å². The number of ether oxygens (including phenoxy) is 3. The van der Waals surface area contributed by atoms with E-state index in [2.05, 4.69) is 10.6 Å². The van der Waals surface area contributed by atoms with Crippen molar-refractivity contribution in [2.24, 2.45) is 0 Å². The van der Waals surface area contributed by atoms with Gasteiger partial charge in [0.2, 0.25) is 5.91 Å². The maximum Gasteiger partial charge on any atom is 0.412 e. The SMILES string of the molecule is CCOc1ccc(C=CC(=O)Nc2ccc(OC)c(NC(=O)OC(C)(C)C)c2)cc1. The van der Waals surface area contributed by atoms with Crippen molar-refractivity contribution >= 4 is 29.5 Å². The van der Waals surface area contributed by atoms with Crippen molar-refractivity contribution in [1.82, 2.24) is 0 Å². The minimum absolute atomic E-state index is 0.308. The topological polar surface area (TPSA) is 85.9 Å². The summed E-state index contributed by atoms with van der Waals surface area (Å²) >= 11 is 0. The van der Waals surface area contributed by atoms with Gasteiger partial charge in [-0.05, 0) is 69.7 Å². The molecule has 2 rings (SSSR count). The van der Waals surface area contributed by atoms with Crippen molar-refractivity contribution in [1.29, 1.82) is 0 Å². The summed E-state index contributed by atoms with van der Waals surface area (Å²) in [5.41, 5.74) is 1.13. The fourth-order valence-corrected chi connectivity index (χ4v) is 2.49. The van der Waals surface area contributed by atoms with Gasteiger partial charge in [0, 0.05) is 11.8 Å². The minimum Gasteiger partial charge on any atom is -0.495 e. The number of nitrogens with one attached hydrogen (secondary N) is 2. The van der Waals surface area contributed by atoms with Crippen molar-refractivity contribution in [3.8, 4) is 11.5 Å². The van der Waals surface area contributed by atoms with E-state index in [0.717, 1.165) is 11.3 Å². The first kappa shape index (κ1) is 22.8. The van der Waals surface area contributed by atoms with Crippen LogP contribution in [0.5, 0.6) is 11.5 Å². The Morgan fingerprint density at radius 3 is 2.33 bits per heavy atom. The fourth-order valence-electron chi connectivity index (χ4n) is 2.49. The molecular formula is C23H28N2O5. The number of hydrogen-bond donors (Lipinski definition) is 2. The van der Waals surface area contributed by atoms with Gasteiger partial charge in [-0.15, -0.1) is 0 Å². The molecule has 0 aromatic heterocycles. The molecule has 0 saturated heterocycles. The van der Waals surface area contributed by atoms with Crippen LogP contribution in [0.3, 0.4) is 0 Å². The highest BCUT2D eigenvalue weighted by Gasteiger charge is 2.18. The molecule has 7 heteroatoms. The van der Waals surface area contributed by atoms with Gasteiger partial charge in [0.05, 0.1) is 19.4 Å². The number of carbonyl (C=O) groups is 2. The molecule has 0 atom stereocenters. The molecule has 0 aliphatic heterocycles. The number of amides is 2. The number of hydrogen-bond acceptors (Lipinski definition) is 5. The van der Waals surface area contributed by atoms with Gasteiger partial charge in [-0.2, -0.15) is 0 Å². The Labute approximate surface area is 177 Å². The zero-order valence-corrected chi connectivity index (χ0v) is 17.9. The quantitative estimate of drug-likeness (QED) is 0.619. The maximum atomic E-state index is 12.3. The van der Waals surface area contributed by atoms with E-state index in [-0.39, 0.29) is 5.91 Å². The zero-order valence-electron chi connectivity index (χ0n) is 17.9. The summed E-state index contributed by atoms with van der Waals surface area (Å²) in [5.74, 6) is 0.920. The van der Waals surface area contributed by atoms with Crippen LogP contribution in [-0.4, -0.2) is 31.3 Å². The van der Waals surface area contributed by atoms with Crippen LogP contribution in [-0.2, 0) is 9.53 Å². The van der Waals surface area contributed by atoms with E-state index in [1.54, 1.807) is 45.0 Å². The Kier molecular flexibility index (Phi) is 7.86. The Hall–Kier alpha value is -3.48. The summed E-state index contributed by atoms with van der Waals surface area (Å²) in [6, 6.07) is 12.4. The number of benzene rings is 2. The van der Waals surface area contributed by atoms with Crippen LogP contribution in [0.1, 0.15) is 33.3 Å². The molecular weight excluding hydrogens is 384 g/mol. The maximum absolute atomic E-state index is 12.3. The highest BCUT2D eigenvalue weighted by atomic mass is 16.6. The molecule has 0 bridgehead atoms. The standard InChI is InChI=1S/C23H28N2O5/c1-6-29-18-11-7-16(8-12-18)9-14-21(26)24-17-10-13-20(28-5)19(15-17)25-22(27)30-23(2,3)4/h7-15H,6H2,1-5H3,(H,24,26)(H,25,27). The first-order chi connectivity index (χ1) is 14.2. The van der Waals surface area contributed by atoms with Gasteiger partial charge >= 0.3 is 6.09 Å². The van der Waals surface area contributed by atoms with Crippen LogP contribution in [0.15, 0.2) is 48.5 Å². The predicted molar refractivity (Wildman–Crippen MR) is 118 cm³/mol. The van der Waals surface area contributed by atoms with Crippen molar-refractivity contribution in [3.05, 3.63) is 54.1 Å². The van der Waals surface area contributed by atoms with Crippen molar-refractivity contribution in [3.63, 3.8) is 0 Å². The third kappa shape index (κ3) is 7.50. The lowest BCUT2D eigenvalue weighted by Crippen LogP contribution is -2.27. The monoisotopic (exact) mass is 412 g/mol. The number of methoxy groups -OCH3 is 1. The summed E-state index contributed by atoms with van der Waals surface area (Å²) < 4.78 is 15.9. The van der Waals surface area contributed by atoms with Crippen LogP contribution < -0.4 is 20.1 Å². The summed E-state index contributed by atoms with van der Waals surface area (Å²) in [6.07, 6.45) is 2.52. The molecule has 0 fully saturated rings. The van der Waals surface area contributed by atoms with Crippen LogP contribution >= 0.6 is 0 Å². The Morgan fingerprint density at radius 2 is 1.73 bits per heavy atom. The average molecular weight is 412 g/mol. The third-order valence-corrected chi connectivity index (χ3v) is 3.72. The molecule has 2 N–H and O–H groups in total. The number of carbonyl (C=O) groups excluding carboxylic acids is 2. The second kappa shape index (κ2) is 10.3.